The van der Waals surface area contributed by atoms with Crippen molar-refractivity contribution in [3.8, 4) is 0 Å². The second-order valence-electron chi connectivity index (χ2n) is 6.92. The highest BCUT2D eigenvalue weighted by Crippen LogP contribution is 2.11. The second kappa shape index (κ2) is 11.9. The smallest absolute Gasteiger partial charge is 0.409 e. The molecule has 8 nitrogen and oxygen atoms in total. The maximum Gasteiger partial charge on any atom is 0.409 e. The SMILES string of the molecule is CCOC(=O)N1CCC(NC(=NC)NCC(=O)N(CC)Cc2ccccc2)CC1. The minimum absolute atomic E-state index is 0.0245. The largest absolute Gasteiger partial charge is 0.450 e. The Morgan fingerprint density at radius 3 is 2.48 bits per heavy atom. The van der Waals surface area contributed by atoms with E-state index >= 15 is 0 Å². The van der Waals surface area contributed by atoms with E-state index in [1.54, 1.807) is 11.9 Å². The van der Waals surface area contributed by atoms with Gasteiger partial charge in [0.1, 0.15) is 0 Å². The first kappa shape index (κ1) is 22.5. The maximum atomic E-state index is 12.6. The summed E-state index contributed by atoms with van der Waals surface area (Å²) in [5.41, 5.74) is 1.11. The average molecular weight is 404 g/mol. The van der Waals surface area contributed by atoms with Gasteiger partial charge in [-0.05, 0) is 32.3 Å². The minimum atomic E-state index is -0.253. The van der Waals surface area contributed by atoms with Crippen molar-refractivity contribution in [2.45, 2.75) is 39.3 Å². The zero-order chi connectivity index (χ0) is 21.1. The first-order valence-electron chi connectivity index (χ1n) is 10.3. The number of piperidine rings is 1. The summed E-state index contributed by atoms with van der Waals surface area (Å²) in [5.74, 6) is 0.625. The summed E-state index contributed by atoms with van der Waals surface area (Å²) >= 11 is 0. The van der Waals surface area contributed by atoms with Crippen molar-refractivity contribution in [2.24, 2.45) is 4.99 Å². The van der Waals surface area contributed by atoms with Gasteiger partial charge in [-0.15, -0.1) is 0 Å². The number of carbonyl (C=O) groups excluding carboxylic acids is 2. The number of benzene rings is 1. The molecule has 2 N–H and O–H groups in total. The summed E-state index contributed by atoms with van der Waals surface area (Å²) in [6, 6.07) is 10.2. The molecule has 1 heterocycles. The highest BCUT2D eigenvalue weighted by atomic mass is 16.6. The summed E-state index contributed by atoms with van der Waals surface area (Å²) in [6.07, 6.45) is 1.36. The van der Waals surface area contributed by atoms with Gasteiger partial charge in [0.2, 0.25) is 5.91 Å². The van der Waals surface area contributed by atoms with Gasteiger partial charge in [0.15, 0.2) is 5.96 Å². The van der Waals surface area contributed by atoms with Crippen LogP contribution < -0.4 is 10.6 Å². The van der Waals surface area contributed by atoms with E-state index in [2.05, 4.69) is 15.6 Å². The Morgan fingerprint density at radius 1 is 1.21 bits per heavy atom. The number of nitrogens with zero attached hydrogens (tertiary/aromatic N) is 3. The van der Waals surface area contributed by atoms with E-state index in [0.717, 1.165) is 18.4 Å². The molecule has 0 saturated carbocycles. The van der Waals surface area contributed by atoms with Crippen molar-refractivity contribution in [1.82, 2.24) is 20.4 Å². The molecule has 8 heteroatoms. The Hall–Kier alpha value is -2.77. The molecule has 2 amide bonds. The zero-order valence-electron chi connectivity index (χ0n) is 17.7. The summed E-state index contributed by atoms with van der Waals surface area (Å²) in [5, 5.41) is 6.46. The van der Waals surface area contributed by atoms with E-state index in [-0.39, 0.29) is 24.6 Å². The molecule has 0 radical (unpaired) electrons. The highest BCUT2D eigenvalue weighted by Gasteiger charge is 2.24. The topological polar surface area (TPSA) is 86.3 Å². The number of guanidine groups is 1. The predicted octanol–water partition coefficient (Wildman–Crippen LogP) is 1.82. The van der Waals surface area contributed by atoms with Gasteiger partial charge in [-0.3, -0.25) is 9.79 Å². The molecule has 29 heavy (non-hydrogen) atoms. The molecule has 1 aromatic rings. The van der Waals surface area contributed by atoms with Crippen LogP contribution in [0.5, 0.6) is 0 Å². The molecule has 0 spiro atoms. The number of hydrogen-bond acceptors (Lipinski definition) is 4. The molecule has 2 rings (SSSR count). The molecule has 1 aliphatic rings. The summed E-state index contributed by atoms with van der Waals surface area (Å²) in [7, 11) is 1.69. The van der Waals surface area contributed by atoms with E-state index in [1.165, 1.54) is 0 Å². The van der Waals surface area contributed by atoms with E-state index in [4.69, 9.17) is 4.74 Å². The molecule has 160 valence electrons. The van der Waals surface area contributed by atoms with Crippen LogP contribution in [-0.2, 0) is 16.1 Å². The third-order valence-electron chi connectivity index (χ3n) is 4.94. The van der Waals surface area contributed by atoms with Gasteiger partial charge >= 0.3 is 6.09 Å². The zero-order valence-corrected chi connectivity index (χ0v) is 17.7. The van der Waals surface area contributed by atoms with Crippen LogP contribution in [0.15, 0.2) is 35.3 Å². The van der Waals surface area contributed by atoms with Crippen LogP contribution in [0.2, 0.25) is 0 Å². The molecule has 1 aliphatic heterocycles. The third kappa shape index (κ3) is 7.29. The van der Waals surface area contributed by atoms with Gasteiger partial charge in [0.05, 0.1) is 13.2 Å². The fraction of sp³-hybridized carbons (Fsp3) is 0.571. The van der Waals surface area contributed by atoms with Crippen molar-refractivity contribution in [2.75, 3.05) is 39.8 Å². The fourth-order valence-electron chi connectivity index (χ4n) is 3.26. The van der Waals surface area contributed by atoms with Crippen LogP contribution in [0.25, 0.3) is 0 Å². The Bertz CT molecular complexity index is 672. The number of likely N-dealkylation sites (tertiary alicyclic amines) is 1. The summed E-state index contributed by atoms with van der Waals surface area (Å²) in [6.45, 7) is 6.89. The average Bonchev–Trinajstić information content (AvgIpc) is 2.76. The van der Waals surface area contributed by atoms with Crippen LogP contribution in [0.1, 0.15) is 32.3 Å². The number of likely N-dealkylation sites (N-methyl/N-ethyl adjacent to an activating group) is 1. The normalized spacial score (nSPS) is 15.0. The monoisotopic (exact) mass is 403 g/mol. The predicted molar refractivity (Wildman–Crippen MR) is 114 cm³/mol. The highest BCUT2D eigenvalue weighted by molar-refractivity contribution is 5.86. The number of aliphatic imine (C=N–C) groups is 1. The molecule has 1 aromatic carbocycles. The first-order chi connectivity index (χ1) is 14.1. The number of rotatable bonds is 7. The van der Waals surface area contributed by atoms with Gasteiger partial charge in [0, 0.05) is 39.3 Å². The van der Waals surface area contributed by atoms with E-state index in [0.29, 0.717) is 38.7 Å². The molecular weight excluding hydrogens is 370 g/mol. The molecule has 1 saturated heterocycles. The molecule has 0 atom stereocenters. The summed E-state index contributed by atoms with van der Waals surface area (Å²) in [4.78, 5) is 32.1. The second-order valence-corrected chi connectivity index (χ2v) is 6.92. The number of carbonyl (C=O) groups is 2. The van der Waals surface area contributed by atoms with Gasteiger partial charge in [-0.25, -0.2) is 4.79 Å². The van der Waals surface area contributed by atoms with E-state index in [1.807, 2.05) is 49.1 Å². The number of hydrogen-bond donors (Lipinski definition) is 2. The first-order valence-corrected chi connectivity index (χ1v) is 10.3. The van der Waals surface area contributed by atoms with Crippen molar-refractivity contribution in [3.05, 3.63) is 35.9 Å². The van der Waals surface area contributed by atoms with Crippen LogP contribution in [-0.4, -0.2) is 73.6 Å². The molecule has 0 aliphatic carbocycles. The lowest BCUT2D eigenvalue weighted by Crippen LogP contribution is -2.51. The maximum absolute atomic E-state index is 12.6. The lowest BCUT2D eigenvalue weighted by Gasteiger charge is -2.32. The molecule has 0 bridgehead atoms. The van der Waals surface area contributed by atoms with Gasteiger partial charge in [-0.2, -0.15) is 0 Å². The van der Waals surface area contributed by atoms with Crippen molar-refractivity contribution in [1.29, 1.82) is 0 Å². The third-order valence-corrected chi connectivity index (χ3v) is 4.94. The molecular formula is C21H33N5O3. The Kier molecular flexibility index (Phi) is 9.27. The van der Waals surface area contributed by atoms with E-state index in [9.17, 15) is 9.59 Å². The molecule has 0 aromatic heterocycles. The number of ether oxygens (including phenoxy) is 1. The van der Waals surface area contributed by atoms with Crippen molar-refractivity contribution in [3.63, 3.8) is 0 Å². The fourth-order valence-corrected chi connectivity index (χ4v) is 3.26. The lowest BCUT2D eigenvalue weighted by atomic mass is 10.1. The van der Waals surface area contributed by atoms with Crippen molar-refractivity contribution >= 4 is 18.0 Å². The minimum Gasteiger partial charge on any atom is -0.450 e. The molecule has 0 unspecified atom stereocenters. The summed E-state index contributed by atoms with van der Waals surface area (Å²) < 4.78 is 5.05. The number of amides is 2. The quantitative estimate of drug-likeness (QED) is 0.536. The van der Waals surface area contributed by atoms with Crippen molar-refractivity contribution < 1.29 is 14.3 Å². The lowest BCUT2D eigenvalue weighted by molar-refractivity contribution is -0.130. The Labute approximate surface area is 173 Å². The van der Waals surface area contributed by atoms with E-state index < -0.39 is 0 Å². The standard InChI is InChI=1S/C21H33N5O3/c1-4-25(16-17-9-7-6-8-10-17)19(27)15-23-20(22-3)24-18-11-13-26(14-12-18)21(28)29-5-2/h6-10,18H,4-5,11-16H2,1-3H3,(H2,22,23,24). The van der Waals surface area contributed by atoms with Gasteiger partial charge in [-0.1, -0.05) is 30.3 Å². The van der Waals surface area contributed by atoms with Crippen LogP contribution in [0.4, 0.5) is 4.79 Å². The Balaban J connectivity index is 1.77. The van der Waals surface area contributed by atoms with Gasteiger partial charge < -0.3 is 25.2 Å². The van der Waals surface area contributed by atoms with Crippen LogP contribution in [0.3, 0.4) is 0 Å². The molecule has 1 fully saturated rings. The van der Waals surface area contributed by atoms with Crippen LogP contribution >= 0.6 is 0 Å². The van der Waals surface area contributed by atoms with Crippen LogP contribution in [0, 0.1) is 0 Å². The van der Waals surface area contributed by atoms with Gasteiger partial charge in [0.25, 0.3) is 0 Å². The number of nitrogens with one attached hydrogen (secondary N) is 2. The Morgan fingerprint density at radius 2 is 1.90 bits per heavy atom.